The molecule has 0 unspecified atom stereocenters. The number of aromatic nitrogens is 4. The molecule has 1 amide bonds. The molecule has 2 aromatic heterocycles. The number of fused-ring (bicyclic) bond motifs is 1. The molecule has 0 spiro atoms. The molecule has 10 heteroatoms. The number of piperidine rings is 1. The largest absolute Gasteiger partial charge is 0.474 e. The number of morpholine rings is 1. The second kappa shape index (κ2) is 10.1. The van der Waals surface area contributed by atoms with Crippen LogP contribution in [-0.4, -0.2) is 82.3 Å². The van der Waals surface area contributed by atoms with E-state index < -0.39 is 0 Å². The van der Waals surface area contributed by atoms with Gasteiger partial charge in [-0.15, -0.1) is 0 Å². The Morgan fingerprint density at radius 2 is 1.89 bits per heavy atom. The van der Waals surface area contributed by atoms with Gasteiger partial charge in [-0.25, -0.2) is 19.4 Å². The molecular weight excluding hydrogens is 448 g/mol. The third-order valence-electron chi connectivity index (χ3n) is 6.43. The Hall–Kier alpha value is -3.40. The van der Waals surface area contributed by atoms with Crippen molar-refractivity contribution < 1.29 is 19.0 Å². The van der Waals surface area contributed by atoms with Crippen LogP contribution in [0.4, 0.5) is 10.5 Å². The lowest BCUT2D eigenvalue weighted by Crippen LogP contribution is -2.42. The Balaban J connectivity index is 1.31. The van der Waals surface area contributed by atoms with E-state index in [-0.39, 0.29) is 18.3 Å². The van der Waals surface area contributed by atoms with E-state index in [9.17, 15) is 4.79 Å². The Kier molecular flexibility index (Phi) is 6.72. The first kappa shape index (κ1) is 23.3. The summed E-state index contributed by atoms with van der Waals surface area (Å²) in [6.07, 6.45) is 4.29. The number of anilines is 1. The summed E-state index contributed by atoms with van der Waals surface area (Å²) in [6, 6.07) is 6.39. The van der Waals surface area contributed by atoms with Crippen LogP contribution in [0.2, 0.25) is 0 Å². The SMILES string of the molecule is Cc1cc(N2CCOCC2)ccc1-n1ncc2c(OC3CCN(C(=O)OC(C)C)CC3)ncnc21. The zero-order chi connectivity index (χ0) is 24.4. The number of aryl methyl sites for hydroxylation is 1. The van der Waals surface area contributed by atoms with Crippen molar-refractivity contribution in [3.8, 4) is 11.6 Å². The van der Waals surface area contributed by atoms with Gasteiger partial charge in [0.15, 0.2) is 5.65 Å². The van der Waals surface area contributed by atoms with Crippen molar-refractivity contribution >= 4 is 22.8 Å². The first-order valence-corrected chi connectivity index (χ1v) is 12.2. The average molecular weight is 481 g/mol. The number of rotatable bonds is 5. The maximum atomic E-state index is 12.1. The maximum Gasteiger partial charge on any atom is 0.410 e. The van der Waals surface area contributed by atoms with E-state index in [0.29, 0.717) is 24.6 Å². The number of likely N-dealkylation sites (tertiary alicyclic amines) is 1. The molecule has 4 heterocycles. The van der Waals surface area contributed by atoms with Crippen LogP contribution in [0.25, 0.3) is 16.7 Å². The number of hydrogen-bond acceptors (Lipinski definition) is 8. The molecule has 0 bridgehead atoms. The summed E-state index contributed by atoms with van der Waals surface area (Å²) in [7, 11) is 0. The summed E-state index contributed by atoms with van der Waals surface area (Å²) in [6.45, 7) is 10.3. The van der Waals surface area contributed by atoms with E-state index in [1.165, 1.54) is 12.0 Å². The first-order chi connectivity index (χ1) is 17.0. The van der Waals surface area contributed by atoms with E-state index in [0.717, 1.165) is 55.8 Å². The van der Waals surface area contributed by atoms with Crippen molar-refractivity contribution in [3.05, 3.63) is 36.3 Å². The molecule has 5 rings (SSSR count). The fourth-order valence-corrected chi connectivity index (χ4v) is 4.58. The number of hydrogen-bond donors (Lipinski definition) is 0. The van der Waals surface area contributed by atoms with Crippen molar-refractivity contribution in [3.63, 3.8) is 0 Å². The number of amides is 1. The van der Waals surface area contributed by atoms with Gasteiger partial charge in [-0.05, 0) is 44.5 Å². The fourth-order valence-electron chi connectivity index (χ4n) is 4.58. The molecule has 2 fully saturated rings. The van der Waals surface area contributed by atoms with Crippen molar-refractivity contribution in [2.24, 2.45) is 0 Å². The molecule has 10 nitrogen and oxygen atoms in total. The smallest absolute Gasteiger partial charge is 0.410 e. The van der Waals surface area contributed by atoms with Gasteiger partial charge in [-0.1, -0.05) is 0 Å². The molecule has 35 heavy (non-hydrogen) atoms. The quantitative estimate of drug-likeness (QED) is 0.549. The lowest BCUT2D eigenvalue weighted by Gasteiger charge is -2.31. The predicted octanol–water partition coefficient (Wildman–Crippen LogP) is 3.35. The molecule has 2 aliphatic heterocycles. The van der Waals surface area contributed by atoms with Gasteiger partial charge in [0.2, 0.25) is 5.88 Å². The lowest BCUT2D eigenvalue weighted by molar-refractivity contribution is 0.0511. The number of carbonyl (C=O) groups excluding carboxylic acids is 1. The van der Waals surface area contributed by atoms with E-state index in [4.69, 9.17) is 14.2 Å². The van der Waals surface area contributed by atoms with Crippen LogP contribution < -0.4 is 9.64 Å². The van der Waals surface area contributed by atoms with Gasteiger partial charge in [-0.3, -0.25) is 0 Å². The highest BCUT2D eigenvalue weighted by Gasteiger charge is 2.26. The number of nitrogens with zero attached hydrogens (tertiary/aromatic N) is 6. The number of carbonyl (C=O) groups is 1. The van der Waals surface area contributed by atoms with Crippen LogP contribution in [0.3, 0.4) is 0 Å². The molecule has 1 aromatic carbocycles. The highest BCUT2D eigenvalue weighted by atomic mass is 16.6. The number of ether oxygens (including phenoxy) is 3. The van der Waals surface area contributed by atoms with Crippen LogP contribution in [0, 0.1) is 6.92 Å². The Morgan fingerprint density at radius 1 is 1.11 bits per heavy atom. The zero-order valence-electron chi connectivity index (χ0n) is 20.5. The Bertz CT molecular complexity index is 1180. The summed E-state index contributed by atoms with van der Waals surface area (Å²) in [5.74, 6) is 0.520. The third-order valence-corrected chi connectivity index (χ3v) is 6.43. The third kappa shape index (κ3) is 5.02. The summed E-state index contributed by atoms with van der Waals surface area (Å²) in [4.78, 5) is 25.1. The van der Waals surface area contributed by atoms with Crippen molar-refractivity contribution in [1.82, 2.24) is 24.6 Å². The van der Waals surface area contributed by atoms with Crippen LogP contribution in [0.1, 0.15) is 32.3 Å². The molecule has 0 atom stereocenters. The van der Waals surface area contributed by atoms with Crippen molar-refractivity contribution in [1.29, 1.82) is 0 Å². The van der Waals surface area contributed by atoms with Gasteiger partial charge in [-0.2, -0.15) is 5.10 Å². The van der Waals surface area contributed by atoms with Gasteiger partial charge >= 0.3 is 6.09 Å². The Labute approximate surface area is 204 Å². The van der Waals surface area contributed by atoms with Crippen LogP contribution >= 0.6 is 0 Å². The second-order valence-corrected chi connectivity index (χ2v) is 9.28. The topological polar surface area (TPSA) is 94.8 Å². The van der Waals surface area contributed by atoms with Crippen LogP contribution in [0.15, 0.2) is 30.7 Å². The molecule has 186 valence electrons. The lowest BCUT2D eigenvalue weighted by atomic mass is 10.1. The maximum absolute atomic E-state index is 12.1. The zero-order valence-corrected chi connectivity index (χ0v) is 20.5. The molecule has 0 N–H and O–H groups in total. The summed E-state index contributed by atoms with van der Waals surface area (Å²) < 4.78 is 18.9. The molecule has 2 saturated heterocycles. The highest BCUT2D eigenvalue weighted by molar-refractivity contribution is 5.81. The molecular formula is C25H32N6O4. The average Bonchev–Trinajstić information content (AvgIpc) is 3.29. The van der Waals surface area contributed by atoms with Gasteiger partial charge < -0.3 is 24.0 Å². The standard InChI is InChI=1S/C25H32N6O4/c1-17(2)34-25(32)30-8-6-20(7-9-30)35-24-21-15-28-31(23(21)26-16-27-24)22-5-4-19(14-18(22)3)29-10-12-33-13-11-29/h4-5,14-17,20H,6-13H2,1-3H3. The highest BCUT2D eigenvalue weighted by Crippen LogP contribution is 2.29. The normalized spacial score (nSPS) is 17.3. The predicted molar refractivity (Wildman–Crippen MR) is 131 cm³/mol. The summed E-state index contributed by atoms with van der Waals surface area (Å²) >= 11 is 0. The van der Waals surface area contributed by atoms with Gasteiger partial charge in [0.05, 0.1) is 31.2 Å². The molecule has 2 aliphatic rings. The van der Waals surface area contributed by atoms with E-state index in [1.54, 1.807) is 11.1 Å². The Morgan fingerprint density at radius 3 is 2.60 bits per heavy atom. The summed E-state index contributed by atoms with van der Waals surface area (Å²) in [5, 5.41) is 5.39. The molecule has 0 saturated carbocycles. The number of benzene rings is 1. The first-order valence-electron chi connectivity index (χ1n) is 12.2. The second-order valence-electron chi connectivity index (χ2n) is 9.28. The van der Waals surface area contributed by atoms with Crippen molar-refractivity contribution in [2.45, 2.75) is 45.8 Å². The molecule has 0 radical (unpaired) electrons. The van der Waals surface area contributed by atoms with Gasteiger partial charge in [0.25, 0.3) is 0 Å². The minimum Gasteiger partial charge on any atom is -0.474 e. The fraction of sp³-hybridized carbons (Fsp3) is 0.520. The summed E-state index contributed by atoms with van der Waals surface area (Å²) in [5.41, 5.74) is 3.97. The van der Waals surface area contributed by atoms with Crippen molar-refractivity contribution in [2.75, 3.05) is 44.3 Å². The molecule has 0 aliphatic carbocycles. The van der Waals surface area contributed by atoms with E-state index >= 15 is 0 Å². The molecule has 3 aromatic rings. The van der Waals surface area contributed by atoms with Gasteiger partial charge in [0, 0.05) is 44.7 Å². The van der Waals surface area contributed by atoms with Gasteiger partial charge in [0.1, 0.15) is 17.8 Å². The van der Waals surface area contributed by atoms with Crippen LogP contribution in [0.5, 0.6) is 5.88 Å². The van der Waals surface area contributed by atoms with E-state index in [1.807, 2.05) is 18.5 Å². The minimum atomic E-state index is -0.265. The van der Waals surface area contributed by atoms with Crippen LogP contribution in [-0.2, 0) is 9.47 Å². The monoisotopic (exact) mass is 480 g/mol. The van der Waals surface area contributed by atoms with E-state index in [2.05, 4.69) is 45.1 Å². The minimum absolute atomic E-state index is 0.0332.